The van der Waals surface area contributed by atoms with Crippen molar-refractivity contribution in [3.8, 4) is 5.75 Å². The van der Waals surface area contributed by atoms with Gasteiger partial charge in [0, 0.05) is 6.04 Å². The highest BCUT2D eigenvalue weighted by Gasteiger charge is 2.07. The lowest BCUT2D eigenvalue weighted by Crippen LogP contribution is -2.19. The molecule has 0 saturated carbocycles. The molecule has 1 aromatic carbocycles. The van der Waals surface area contributed by atoms with Gasteiger partial charge in [-0.1, -0.05) is 19.1 Å². The first kappa shape index (κ1) is 16.4. The number of rotatable bonds is 9. The van der Waals surface area contributed by atoms with E-state index in [2.05, 4.69) is 50.5 Å². The average Bonchev–Trinajstić information content (AvgIpc) is 2.42. The molecule has 2 nitrogen and oxygen atoms in total. The van der Waals surface area contributed by atoms with E-state index in [1.807, 2.05) is 11.8 Å². The van der Waals surface area contributed by atoms with E-state index < -0.39 is 0 Å². The highest BCUT2D eigenvalue weighted by atomic mass is 32.2. The van der Waals surface area contributed by atoms with Gasteiger partial charge in [0.15, 0.2) is 0 Å². The van der Waals surface area contributed by atoms with Gasteiger partial charge in [0.1, 0.15) is 5.75 Å². The molecule has 1 N–H and O–H groups in total. The molecule has 0 heterocycles. The molecule has 19 heavy (non-hydrogen) atoms. The van der Waals surface area contributed by atoms with E-state index in [-0.39, 0.29) is 0 Å². The summed E-state index contributed by atoms with van der Waals surface area (Å²) in [4.78, 5) is 0. The van der Waals surface area contributed by atoms with Gasteiger partial charge in [0.05, 0.1) is 6.61 Å². The highest BCUT2D eigenvalue weighted by molar-refractivity contribution is 7.98. The Labute approximate surface area is 122 Å². The topological polar surface area (TPSA) is 21.3 Å². The van der Waals surface area contributed by atoms with Gasteiger partial charge in [-0.05, 0) is 62.4 Å². The van der Waals surface area contributed by atoms with Crippen molar-refractivity contribution in [2.24, 2.45) is 0 Å². The van der Waals surface area contributed by atoms with E-state index in [0.717, 1.165) is 31.1 Å². The maximum Gasteiger partial charge on any atom is 0.122 e. The molecule has 1 aromatic rings. The zero-order valence-electron chi connectivity index (χ0n) is 12.7. The molecule has 1 atom stereocenters. The number of thioether (sulfide) groups is 1. The van der Waals surface area contributed by atoms with Crippen molar-refractivity contribution >= 4 is 11.8 Å². The Morgan fingerprint density at radius 2 is 2.16 bits per heavy atom. The van der Waals surface area contributed by atoms with Crippen LogP contribution in [0.2, 0.25) is 0 Å². The number of nitrogens with one attached hydrogen (secondary N) is 1. The SMILES string of the molecule is CCCNC(C)c1ccc(OCCCSC)c(C)c1. The molecule has 1 unspecified atom stereocenters. The Morgan fingerprint density at radius 3 is 2.79 bits per heavy atom. The van der Waals surface area contributed by atoms with Crippen LogP contribution in [0.1, 0.15) is 43.9 Å². The maximum absolute atomic E-state index is 5.82. The Bertz CT molecular complexity index is 368. The number of hydrogen-bond donors (Lipinski definition) is 1. The van der Waals surface area contributed by atoms with Crippen LogP contribution in [0.4, 0.5) is 0 Å². The zero-order valence-corrected chi connectivity index (χ0v) is 13.5. The van der Waals surface area contributed by atoms with Gasteiger partial charge in [0.25, 0.3) is 0 Å². The highest BCUT2D eigenvalue weighted by Crippen LogP contribution is 2.23. The lowest BCUT2D eigenvalue weighted by atomic mass is 10.0. The van der Waals surface area contributed by atoms with Crippen LogP contribution in [0.15, 0.2) is 18.2 Å². The van der Waals surface area contributed by atoms with Gasteiger partial charge >= 0.3 is 0 Å². The van der Waals surface area contributed by atoms with Gasteiger partial charge in [0.2, 0.25) is 0 Å². The van der Waals surface area contributed by atoms with E-state index in [0.29, 0.717) is 6.04 Å². The number of benzene rings is 1. The van der Waals surface area contributed by atoms with Crippen LogP contribution in [0.25, 0.3) is 0 Å². The predicted molar refractivity (Wildman–Crippen MR) is 86.4 cm³/mol. The van der Waals surface area contributed by atoms with Crippen LogP contribution < -0.4 is 10.1 Å². The van der Waals surface area contributed by atoms with Crippen molar-refractivity contribution in [3.63, 3.8) is 0 Å². The lowest BCUT2D eigenvalue weighted by molar-refractivity contribution is 0.316. The van der Waals surface area contributed by atoms with Gasteiger partial charge in [-0.2, -0.15) is 11.8 Å². The fraction of sp³-hybridized carbons (Fsp3) is 0.625. The van der Waals surface area contributed by atoms with Crippen molar-refractivity contribution in [3.05, 3.63) is 29.3 Å². The largest absolute Gasteiger partial charge is 0.493 e. The fourth-order valence-corrected chi connectivity index (χ4v) is 2.37. The average molecular weight is 281 g/mol. The third-order valence-corrected chi connectivity index (χ3v) is 3.85. The van der Waals surface area contributed by atoms with Crippen LogP contribution in [0.3, 0.4) is 0 Å². The molecule has 3 heteroatoms. The van der Waals surface area contributed by atoms with Crippen molar-refractivity contribution in [1.29, 1.82) is 0 Å². The summed E-state index contributed by atoms with van der Waals surface area (Å²) in [6, 6.07) is 6.92. The van der Waals surface area contributed by atoms with Gasteiger partial charge in [-0.25, -0.2) is 0 Å². The minimum absolute atomic E-state index is 0.407. The molecule has 0 aliphatic carbocycles. The summed E-state index contributed by atoms with van der Waals surface area (Å²) in [6.45, 7) is 8.40. The summed E-state index contributed by atoms with van der Waals surface area (Å²) in [5, 5.41) is 3.51. The summed E-state index contributed by atoms with van der Waals surface area (Å²) >= 11 is 1.87. The van der Waals surface area contributed by atoms with Crippen LogP contribution in [-0.4, -0.2) is 25.2 Å². The smallest absolute Gasteiger partial charge is 0.122 e. The van der Waals surface area contributed by atoms with Crippen LogP contribution >= 0.6 is 11.8 Å². The fourth-order valence-electron chi connectivity index (χ4n) is 1.97. The molecule has 0 saturated heterocycles. The number of aryl methyl sites for hydroxylation is 1. The minimum Gasteiger partial charge on any atom is -0.493 e. The normalized spacial score (nSPS) is 12.4. The van der Waals surface area contributed by atoms with Crippen LogP contribution in [0.5, 0.6) is 5.75 Å². The molecule has 0 fully saturated rings. The molecule has 0 aliphatic heterocycles. The Balaban J connectivity index is 2.53. The molecule has 0 spiro atoms. The Morgan fingerprint density at radius 1 is 1.37 bits per heavy atom. The quantitative estimate of drug-likeness (QED) is 0.686. The summed E-state index contributed by atoms with van der Waals surface area (Å²) in [5.41, 5.74) is 2.56. The first-order chi connectivity index (χ1) is 9.19. The molecular weight excluding hydrogens is 254 g/mol. The molecular formula is C16H27NOS. The number of hydrogen-bond acceptors (Lipinski definition) is 3. The third kappa shape index (κ3) is 5.87. The van der Waals surface area contributed by atoms with Crippen molar-refractivity contribution in [2.75, 3.05) is 25.2 Å². The molecule has 0 amide bonds. The molecule has 0 aliphatic rings. The van der Waals surface area contributed by atoms with Crippen molar-refractivity contribution < 1.29 is 4.74 Å². The zero-order chi connectivity index (χ0) is 14.1. The summed E-state index contributed by atoms with van der Waals surface area (Å²) in [7, 11) is 0. The van der Waals surface area contributed by atoms with Crippen LogP contribution in [0, 0.1) is 6.92 Å². The number of ether oxygens (including phenoxy) is 1. The second-order valence-corrected chi connectivity index (χ2v) is 5.88. The lowest BCUT2D eigenvalue weighted by Gasteiger charge is -2.16. The molecule has 0 aromatic heterocycles. The monoisotopic (exact) mass is 281 g/mol. The first-order valence-corrected chi connectivity index (χ1v) is 8.54. The summed E-state index contributed by atoms with van der Waals surface area (Å²) in [6.07, 6.45) is 4.40. The Hall–Kier alpha value is -0.670. The summed E-state index contributed by atoms with van der Waals surface area (Å²) in [5.74, 6) is 2.18. The molecule has 0 radical (unpaired) electrons. The van der Waals surface area contributed by atoms with E-state index >= 15 is 0 Å². The first-order valence-electron chi connectivity index (χ1n) is 7.14. The van der Waals surface area contributed by atoms with E-state index in [4.69, 9.17) is 4.74 Å². The van der Waals surface area contributed by atoms with Gasteiger partial charge in [-0.3, -0.25) is 0 Å². The second-order valence-electron chi connectivity index (χ2n) is 4.90. The van der Waals surface area contributed by atoms with E-state index in [1.54, 1.807) is 0 Å². The van der Waals surface area contributed by atoms with Gasteiger partial charge < -0.3 is 10.1 Å². The predicted octanol–water partition coefficient (Wildman–Crippen LogP) is 4.19. The Kier molecular flexibility index (Phi) is 7.99. The van der Waals surface area contributed by atoms with Crippen LogP contribution in [-0.2, 0) is 0 Å². The third-order valence-electron chi connectivity index (χ3n) is 3.15. The van der Waals surface area contributed by atoms with Gasteiger partial charge in [-0.15, -0.1) is 0 Å². The molecule has 0 bridgehead atoms. The second kappa shape index (κ2) is 9.27. The van der Waals surface area contributed by atoms with E-state index in [1.165, 1.54) is 17.5 Å². The molecule has 1 rings (SSSR count). The molecule has 108 valence electrons. The summed E-state index contributed by atoms with van der Waals surface area (Å²) < 4.78 is 5.82. The minimum atomic E-state index is 0.407. The van der Waals surface area contributed by atoms with Crippen molar-refractivity contribution in [1.82, 2.24) is 5.32 Å². The van der Waals surface area contributed by atoms with Crippen molar-refractivity contribution in [2.45, 2.75) is 39.7 Å². The maximum atomic E-state index is 5.82. The van der Waals surface area contributed by atoms with E-state index in [9.17, 15) is 0 Å². The standard InChI is InChI=1S/C16H27NOS/c1-5-9-17-14(3)15-7-8-16(13(2)12-15)18-10-6-11-19-4/h7-8,12,14,17H,5-6,9-11H2,1-4H3.